The predicted octanol–water partition coefficient (Wildman–Crippen LogP) is 25.3. The normalized spacial score (nSPS) is 12.1. The molecule has 0 saturated carbocycles. The molecule has 0 radical (unpaired) electrons. The summed E-state index contributed by atoms with van der Waals surface area (Å²) in [6, 6.07) is 0. The predicted molar refractivity (Wildman–Crippen MR) is 353 cm³/mol. The van der Waals surface area contributed by atoms with Crippen molar-refractivity contribution in [2.75, 3.05) is 13.2 Å². The quantitative estimate of drug-likeness (QED) is 0.0261. The summed E-state index contributed by atoms with van der Waals surface area (Å²) in [6.45, 7) is 6.72. The number of hydrogen-bond donors (Lipinski definition) is 0. The molecule has 0 aliphatic heterocycles. The minimum atomic E-state index is -0.771. The zero-order valence-electron chi connectivity index (χ0n) is 55.1. The Morgan fingerprint density at radius 2 is 0.444 bits per heavy atom. The second-order valence-electron chi connectivity index (χ2n) is 25.2. The van der Waals surface area contributed by atoms with Gasteiger partial charge in [-0.2, -0.15) is 0 Å². The molecule has 81 heavy (non-hydrogen) atoms. The molecule has 0 rings (SSSR count). The van der Waals surface area contributed by atoms with E-state index < -0.39 is 6.10 Å². The maximum absolute atomic E-state index is 13.0. The molecular weight excluding hydrogens is 997 g/mol. The van der Waals surface area contributed by atoms with E-state index in [2.05, 4.69) is 45.1 Å². The van der Waals surface area contributed by atoms with Crippen LogP contribution in [0, 0.1) is 0 Å². The van der Waals surface area contributed by atoms with Gasteiger partial charge in [-0.1, -0.05) is 373 Å². The minimum Gasteiger partial charge on any atom is -0.462 e. The average molecular weight is 1140 g/mol. The standard InChI is InChI=1S/C75H142O6/c1-4-7-10-13-16-19-22-25-28-31-33-35-36-37-38-39-41-42-44-47-50-53-56-59-62-65-68-74(77)80-71-72(70-79-73(76)67-64-61-58-55-52-49-46-30-27-24-21-18-15-12-9-6-3)81-75(78)69-66-63-60-57-54-51-48-45-43-40-34-32-29-26-23-20-17-14-11-8-5-2/h23,26,32,34,72H,4-22,24-25,27-31,33,35-71H2,1-3H3/b26-23-,34-32-. The number of carbonyl (C=O) groups is 3. The molecule has 0 aliphatic rings. The topological polar surface area (TPSA) is 78.9 Å². The zero-order valence-corrected chi connectivity index (χ0v) is 55.1. The average Bonchev–Trinajstić information content (AvgIpc) is 3.47. The van der Waals surface area contributed by atoms with Crippen LogP contribution in [-0.4, -0.2) is 37.2 Å². The molecule has 0 heterocycles. The first-order valence-corrected chi connectivity index (χ1v) is 36.8. The van der Waals surface area contributed by atoms with Crippen LogP contribution in [0.3, 0.4) is 0 Å². The summed E-state index contributed by atoms with van der Waals surface area (Å²) in [5.41, 5.74) is 0. The van der Waals surface area contributed by atoms with Crippen molar-refractivity contribution < 1.29 is 28.6 Å². The Hall–Kier alpha value is -2.11. The molecule has 0 aromatic rings. The first kappa shape index (κ1) is 78.9. The van der Waals surface area contributed by atoms with Crippen LogP contribution in [0.25, 0.3) is 0 Å². The van der Waals surface area contributed by atoms with Gasteiger partial charge >= 0.3 is 17.9 Å². The Kier molecular flexibility index (Phi) is 68.5. The fourth-order valence-corrected chi connectivity index (χ4v) is 11.4. The SMILES string of the molecule is CCCCCCC/C=C\C/C=C\CCCCCCCCCCCC(=O)OC(COC(=O)CCCCCCCCCCCCCCCCCC)COC(=O)CCCCCCCCCCCCCCCCCCCCCCCCCCCC. The minimum absolute atomic E-state index is 0.0662. The van der Waals surface area contributed by atoms with E-state index in [0.717, 1.165) is 64.2 Å². The van der Waals surface area contributed by atoms with E-state index in [9.17, 15) is 14.4 Å². The van der Waals surface area contributed by atoms with Gasteiger partial charge in [0.25, 0.3) is 0 Å². The zero-order chi connectivity index (χ0) is 58.5. The highest BCUT2D eigenvalue weighted by atomic mass is 16.6. The number of rotatable bonds is 69. The maximum Gasteiger partial charge on any atom is 0.306 e. The van der Waals surface area contributed by atoms with Gasteiger partial charge in [-0.05, 0) is 51.4 Å². The van der Waals surface area contributed by atoms with Crippen molar-refractivity contribution in [1.29, 1.82) is 0 Å². The summed E-state index contributed by atoms with van der Waals surface area (Å²) in [5, 5.41) is 0. The highest BCUT2D eigenvalue weighted by molar-refractivity contribution is 5.71. The smallest absolute Gasteiger partial charge is 0.306 e. The van der Waals surface area contributed by atoms with Crippen molar-refractivity contribution in [3.8, 4) is 0 Å². The van der Waals surface area contributed by atoms with Crippen molar-refractivity contribution >= 4 is 17.9 Å². The van der Waals surface area contributed by atoms with Gasteiger partial charge in [-0.25, -0.2) is 0 Å². The van der Waals surface area contributed by atoms with Crippen molar-refractivity contribution in [2.24, 2.45) is 0 Å². The number of esters is 3. The maximum atomic E-state index is 13.0. The molecule has 478 valence electrons. The summed E-state index contributed by atoms with van der Waals surface area (Å²) in [4.78, 5) is 38.5. The molecular formula is C75H142O6. The molecule has 0 aromatic carbocycles. The summed E-state index contributed by atoms with van der Waals surface area (Å²) >= 11 is 0. The van der Waals surface area contributed by atoms with Gasteiger partial charge in [0, 0.05) is 19.3 Å². The van der Waals surface area contributed by atoms with E-state index in [1.54, 1.807) is 0 Å². The number of carbonyl (C=O) groups excluding carboxylic acids is 3. The van der Waals surface area contributed by atoms with Gasteiger partial charge in [-0.3, -0.25) is 14.4 Å². The molecule has 6 nitrogen and oxygen atoms in total. The van der Waals surface area contributed by atoms with Crippen molar-refractivity contribution in [3.05, 3.63) is 24.3 Å². The molecule has 0 spiro atoms. The fourth-order valence-electron chi connectivity index (χ4n) is 11.4. The number of ether oxygens (including phenoxy) is 3. The van der Waals surface area contributed by atoms with Crippen LogP contribution >= 0.6 is 0 Å². The third kappa shape index (κ3) is 68.6. The Morgan fingerprint density at radius 3 is 0.679 bits per heavy atom. The van der Waals surface area contributed by atoms with Crippen molar-refractivity contribution in [3.63, 3.8) is 0 Å². The summed E-state index contributed by atoms with van der Waals surface area (Å²) in [7, 11) is 0. The first-order valence-electron chi connectivity index (χ1n) is 36.8. The van der Waals surface area contributed by atoms with Crippen LogP contribution < -0.4 is 0 Å². The van der Waals surface area contributed by atoms with Gasteiger partial charge in [0.2, 0.25) is 0 Å². The molecule has 0 amide bonds. The third-order valence-electron chi connectivity index (χ3n) is 17.0. The van der Waals surface area contributed by atoms with Crippen LogP contribution in [-0.2, 0) is 28.6 Å². The molecule has 1 atom stereocenters. The first-order chi connectivity index (χ1) is 40.0. The van der Waals surface area contributed by atoms with Crippen LogP contribution in [0.4, 0.5) is 0 Å². The molecule has 0 bridgehead atoms. The van der Waals surface area contributed by atoms with E-state index in [1.165, 1.54) is 315 Å². The van der Waals surface area contributed by atoms with E-state index in [-0.39, 0.29) is 31.1 Å². The lowest BCUT2D eigenvalue weighted by Gasteiger charge is -2.18. The number of unbranched alkanes of at least 4 members (excludes halogenated alkanes) is 54. The second-order valence-corrected chi connectivity index (χ2v) is 25.2. The molecule has 0 aromatic heterocycles. The monoisotopic (exact) mass is 1140 g/mol. The highest BCUT2D eigenvalue weighted by Gasteiger charge is 2.20. The molecule has 0 aliphatic carbocycles. The Bertz CT molecular complexity index is 1310. The molecule has 0 N–H and O–H groups in total. The van der Waals surface area contributed by atoms with Crippen LogP contribution in [0.2, 0.25) is 0 Å². The molecule has 0 saturated heterocycles. The fraction of sp³-hybridized carbons (Fsp3) is 0.907. The lowest BCUT2D eigenvalue weighted by atomic mass is 10.0. The van der Waals surface area contributed by atoms with E-state index >= 15 is 0 Å². The van der Waals surface area contributed by atoms with Gasteiger partial charge in [0.05, 0.1) is 0 Å². The lowest BCUT2D eigenvalue weighted by Crippen LogP contribution is -2.30. The van der Waals surface area contributed by atoms with Crippen LogP contribution in [0.1, 0.15) is 419 Å². The summed E-state index contributed by atoms with van der Waals surface area (Å²) < 4.78 is 17.0. The largest absolute Gasteiger partial charge is 0.462 e. The van der Waals surface area contributed by atoms with E-state index in [1.807, 2.05) is 0 Å². The Balaban J connectivity index is 4.25. The van der Waals surface area contributed by atoms with Gasteiger partial charge < -0.3 is 14.2 Å². The Morgan fingerprint density at radius 1 is 0.247 bits per heavy atom. The molecule has 6 heteroatoms. The van der Waals surface area contributed by atoms with Crippen molar-refractivity contribution in [2.45, 2.75) is 425 Å². The third-order valence-corrected chi connectivity index (χ3v) is 17.0. The summed E-state index contributed by atoms with van der Waals surface area (Å²) in [6.07, 6.45) is 86.4. The highest BCUT2D eigenvalue weighted by Crippen LogP contribution is 2.19. The van der Waals surface area contributed by atoms with Crippen molar-refractivity contribution in [1.82, 2.24) is 0 Å². The number of hydrogen-bond acceptors (Lipinski definition) is 6. The molecule has 1 unspecified atom stereocenters. The molecule has 0 fully saturated rings. The van der Waals surface area contributed by atoms with E-state index in [0.29, 0.717) is 19.3 Å². The van der Waals surface area contributed by atoms with Gasteiger partial charge in [0.15, 0.2) is 6.10 Å². The van der Waals surface area contributed by atoms with Crippen LogP contribution in [0.5, 0.6) is 0 Å². The van der Waals surface area contributed by atoms with Crippen LogP contribution in [0.15, 0.2) is 24.3 Å². The summed E-state index contributed by atoms with van der Waals surface area (Å²) in [5.74, 6) is -0.834. The van der Waals surface area contributed by atoms with Gasteiger partial charge in [-0.15, -0.1) is 0 Å². The lowest BCUT2D eigenvalue weighted by molar-refractivity contribution is -0.167. The van der Waals surface area contributed by atoms with Gasteiger partial charge in [0.1, 0.15) is 13.2 Å². The number of allylic oxidation sites excluding steroid dienone is 4. The van der Waals surface area contributed by atoms with E-state index in [4.69, 9.17) is 14.2 Å². The second kappa shape index (κ2) is 70.4. The Labute approximate surface area is 506 Å².